The third-order valence-corrected chi connectivity index (χ3v) is 6.33. The largest absolute Gasteiger partial charge is 0.511 e. The number of hydrogen-bond acceptors (Lipinski definition) is 6. The molecule has 4 aromatic rings. The summed E-state index contributed by atoms with van der Waals surface area (Å²) in [6.07, 6.45) is 3.89. The lowest BCUT2D eigenvalue weighted by molar-refractivity contribution is 0.142. The van der Waals surface area contributed by atoms with Gasteiger partial charge in [0.2, 0.25) is 5.75 Å². The number of rotatable bonds is 5. The third-order valence-electron chi connectivity index (χ3n) is 6.33. The number of hydrogen-bond donors (Lipinski definition) is 4. The second-order valence-corrected chi connectivity index (χ2v) is 8.43. The van der Waals surface area contributed by atoms with E-state index in [0.29, 0.717) is 24.2 Å². The van der Waals surface area contributed by atoms with Crippen molar-refractivity contribution in [2.24, 2.45) is 7.05 Å². The predicted molar refractivity (Wildman–Crippen MR) is 133 cm³/mol. The summed E-state index contributed by atoms with van der Waals surface area (Å²) in [6.45, 7) is 1.41. The van der Waals surface area contributed by atoms with Gasteiger partial charge in [-0.25, -0.2) is 4.79 Å². The molecule has 0 spiro atoms. The first-order valence-corrected chi connectivity index (χ1v) is 11.0. The number of carbonyl (C=O) groups is 1. The van der Waals surface area contributed by atoms with E-state index in [9.17, 15) is 14.7 Å². The van der Waals surface area contributed by atoms with E-state index in [1.807, 2.05) is 25.2 Å². The second kappa shape index (κ2) is 9.81. The van der Waals surface area contributed by atoms with E-state index in [1.165, 1.54) is 0 Å². The lowest BCUT2D eigenvalue weighted by Gasteiger charge is -2.13. The lowest BCUT2D eigenvalue weighted by atomic mass is 9.99. The molecule has 35 heavy (non-hydrogen) atoms. The number of pyridine rings is 2. The highest BCUT2D eigenvalue weighted by atomic mass is 35.5. The molecule has 182 valence electrons. The van der Waals surface area contributed by atoms with Gasteiger partial charge < -0.3 is 29.8 Å². The molecule has 9 nitrogen and oxygen atoms in total. The first-order chi connectivity index (χ1) is 16.4. The van der Waals surface area contributed by atoms with Gasteiger partial charge in [0.25, 0.3) is 5.56 Å². The highest BCUT2D eigenvalue weighted by Crippen LogP contribution is 2.40. The number of aryl methyl sites for hydroxylation is 2. The Hall–Kier alpha value is -3.82. The lowest BCUT2D eigenvalue weighted by Crippen LogP contribution is -2.17. The van der Waals surface area contributed by atoms with Crippen LogP contribution in [0.1, 0.15) is 28.8 Å². The van der Waals surface area contributed by atoms with Gasteiger partial charge in [0.1, 0.15) is 0 Å². The molecule has 5 rings (SSSR count). The smallest absolute Gasteiger partial charge is 0.504 e. The highest BCUT2D eigenvalue weighted by molar-refractivity contribution is 5.89. The molecule has 1 aliphatic carbocycles. The van der Waals surface area contributed by atoms with Crippen molar-refractivity contribution >= 4 is 29.5 Å². The minimum absolute atomic E-state index is 0. The number of nitrogens with one attached hydrogen (secondary N) is 2. The fourth-order valence-electron chi connectivity index (χ4n) is 4.65. The summed E-state index contributed by atoms with van der Waals surface area (Å²) in [6, 6.07) is 10.2. The number of aromatic hydroxyl groups is 1. The molecule has 0 saturated heterocycles. The summed E-state index contributed by atoms with van der Waals surface area (Å²) < 4.78 is 6.70. The molecule has 0 atom stereocenters. The Morgan fingerprint density at radius 1 is 1.20 bits per heavy atom. The minimum atomic E-state index is -1.65. The average molecular weight is 497 g/mol. The molecule has 10 heteroatoms. The molecule has 0 unspecified atom stereocenters. The molecule has 0 radical (unpaired) electrons. The molecule has 1 aliphatic rings. The molecular formula is C25H25ClN4O5. The molecule has 1 aromatic carbocycles. The number of carboxylic acid groups (broad SMARTS) is 1. The molecule has 0 bridgehead atoms. The maximum absolute atomic E-state index is 12.5. The molecule has 0 aliphatic heterocycles. The molecule has 4 N–H and O–H groups in total. The van der Waals surface area contributed by atoms with Crippen LogP contribution in [0, 0.1) is 0 Å². The van der Waals surface area contributed by atoms with Crippen LogP contribution >= 0.6 is 12.4 Å². The number of aromatic amines is 1. The molecular weight excluding hydrogens is 472 g/mol. The van der Waals surface area contributed by atoms with E-state index in [4.69, 9.17) is 5.11 Å². The normalized spacial score (nSPS) is 12.4. The molecule has 0 saturated carbocycles. The van der Waals surface area contributed by atoms with Crippen molar-refractivity contribution < 1.29 is 19.7 Å². The van der Waals surface area contributed by atoms with E-state index >= 15 is 0 Å². The van der Waals surface area contributed by atoms with Crippen molar-refractivity contribution in [3.8, 4) is 22.8 Å². The van der Waals surface area contributed by atoms with Gasteiger partial charge in [0, 0.05) is 60.3 Å². The van der Waals surface area contributed by atoms with Gasteiger partial charge in [0.05, 0.1) is 5.69 Å². The number of fused-ring (bicyclic) bond motifs is 4. The number of ether oxygens (including phenoxy) is 1. The van der Waals surface area contributed by atoms with Crippen LogP contribution < -0.4 is 15.6 Å². The Morgan fingerprint density at radius 2 is 1.97 bits per heavy atom. The predicted octanol–water partition coefficient (Wildman–Crippen LogP) is 3.89. The quantitative estimate of drug-likeness (QED) is 0.308. The van der Waals surface area contributed by atoms with Crippen LogP contribution in [0.3, 0.4) is 0 Å². The number of nitrogens with zero attached hydrogens (tertiary/aromatic N) is 2. The van der Waals surface area contributed by atoms with Crippen molar-refractivity contribution in [2.75, 3.05) is 0 Å². The van der Waals surface area contributed by atoms with Crippen LogP contribution in [0.15, 0.2) is 47.5 Å². The number of halogens is 1. The molecule has 0 fully saturated rings. The average Bonchev–Trinajstić information content (AvgIpc) is 3.00. The standard InChI is InChI=1S/C25H24N4O5.ClH/c1-29-17(13-27-12-14-5-7-26-8-6-14)9-16-10-19-15(11-20(16)29)3-2-4-18-21(19)28-24(31)23(22(18)30)34-25(32)33;/h5-11,27H,2-4,12-13H2,1H3,(H,32,33)(H2,28,30,31);1H. The summed E-state index contributed by atoms with van der Waals surface area (Å²) in [7, 11) is 2.03. The molecule has 0 amide bonds. The van der Waals surface area contributed by atoms with Gasteiger partial charge in [-0.05, 0) is 60.7 Å². The van der Waals surface area contributed by atoms with Crippen LogP contribution in [-0.4, -0.2) is 30.9 Å². The highest BCUT2D eigenvalue weighted by Gasteiger charge is 2.25. The van der Waals surface area contributed by atoms with E-state index in [0.717, 1.165) is 52.7 Å². The summed E-state index contributed by atoms with van der Waals surface area (Å²) in [5.74, 6) is -0.999. The third kappa shape index (κ3) is 4.60. The van der Waals surface area contributed by atoms with Crippen molar-refractivity contribution in [3.63, 3.8) is 0 Å². The zero-order valence-electron chi connectivity index (χ0n) is 19.0. The molecule has 3 aromatic heterocycles. The van der Waals surface area contributed by atoms with Gasteiger partial charge in [-0.1, -0.05) is 0 Å². The summed E-state index contributed by atoms with van der Waals surface area (Å²) in [4.78, 5) is 30.2. The van der Waals surface area contributed by atoms with E-state index in [1.54, 1.807) is 12.4 Å². The fourth-order valence-corrected chi connectivity index (χ4v) is 4.65. The first kappa shape index (κ1) is 24.3. The van der Waals surface area contributed by atoms with Crippen LogP contribution in [0.2, 0.25) is 0 Å². The van der Waals surface area contributed by atoms with Crippen LogP contribution in [0.5, 0.6) is 11.5 Å². The SMILES string of the molecule is Cl.Cn1c(CNCc2ccncc2)cc2cc3c(cc21)CCCc1c-3[nH]c(=O)c(OC(=O)O)c1O. The Bertz CT molecular complexity index is 1460. The monoisotopic (exact) mass is 496 g/mol. The maximum Gasteiger partial charge on any atom is 0.511 e. The Balaban J connectivity index is 0.00000289. The zero-order valence-corrected chi connectivity index (χ0v) is 19.8. The zero-order chi connectivity index (χ0) is 23.8. The number of H-pyrrole nitrogens is 1. The van der Waals surface area contributed by atoms with Crippen LogP contribution in [0.25, 0.3) is 22.2 Å². The van der Waals surface area contributed by atoms with Crippen LogP contribution in [-0.2, 0) is 33.0 Å². The fraction of sp³-hybridized carbons (Fsp3) is 0.240. The van der Waals surface area contributed by atoms with Gasteiger partial charge in [0.15, 0.2) is 5.75 Å². The summed E-state index contributed by atoms with van der Waals surface area (Å²) in [5.41, 5.74) is 5.47. The Kier molecular flexibility index (Phi) is 6.81. The van der Waals surface area contributed by atoms with Crippen LogP contribution in [0.4, 0.5) is 4.79 Å². The van der Waals surface area contributed by atoms with E-state index in [-0.39, 0.29) is 12.4 Å². The minimum Gasteiger partial charge on any atom is -0.504 e. The van der Waals surface area contributed by atoms with Gasteiger partial charge in [-0.3, -0.25) is 9.78 Å². The second-order valence-electron chi connectivity index (χ2n) is 8.43. The van der Waals surface area contributed by atoms with Gasteiger partial charge >= 0.3 is 6.16 Å². The van der Waals surface area contributed by atoms with E-state index < -0.39 is 23.2 Å². The Morgan fingerprint density at radius 3 is 2.71 bits per heavy atom. The first-order valence-electron chi connectivity index (χ1n) is 11.0. The van der Waals surface area contributed by atoms with Gasteiger partial charge in [-0.15, -0.1) is 12.4 Å². The summed E-state index contributed by atoms with van der Waals surface area (Å²) in [5, 5.41) is 24.0. The summed E-state index contributed by atoms with van der Waals surface area (Å²) >= 11 is 0. The van der Waals surface area contributed by atoms with Crippen molar-refractivity contribution in [3.05, 3.63) is 75.5 Å². The van der Waals surface area contributed by atoms with Gasteiger partial charge in [-0.2, -0.15) is 0 Å². The number of benzene rings is 1. The Labute approximate surface area is 206 Å². The van der Waals surface area contributed by atoms with Crippen molar-refractivity contribution in [2.45, 2.75) is 32.4 Å². The number of aromatic nitrogens is 3. The van der Waals surface area contributed by atoms with Crippen molar-refractivity contribution in [1.82, 2.24) is 19.9 Å². The maximum atomic E-state index is 12.5. The topological polar surface area (TPSA) is 129 Å². The molecule has 3 heterocycles. The van der Waals surface area contributed by atoms with Crippen molar-refractivity contribution in [1.29, 1.82) is 0 Å². The van der Waals surface area contributed by atoms with E-state index in [2.05, 4.69) is 36.7 Å².